The average Bonchev–Trinajstić information content (AvgIpc) is 3.25. The second-order valence-corrected chi connectivity index (χ2v) is 4.94. The first-order chi connectivity index (χ1) is 11.2. The zero-order chi connectivity index (χ0) is 16.2. The van der Waals surface area contributed by atoms with E-state index in [0.29, 0.717) is 29.6 Å². The topological polar surface area (TPSA) is 95.7 Å². The predicted octanol–water partition coefficient (Wildman–Crippen LogP) is 2.19. The molecular formula is C15H17N3O5. The number of carbonyl (C=O) groups excluding carboxylic acids is 1. The van der Waals surface area contributed by atoms with E-state index < -0.39 is 5.91 Å². The van der Waals surface area contributed by atoms with Crippen LogP contribution in [0.1, 0.15) is 35.2 Å². The van der Waals surface area contributed by atoms with Gasteiger partial charge in [0.05, 0.1) is 19.8 Å². The highest BCUT2D eigenvalue weighted by molar-refractivity contribution is 6.05. The lowest BCUT2D eigenvalue weighted by atomic mass is 10.1. The number of carbonyl (C=O) groups is 1. The van der Waals surface area contributed by atoms with Gasteiger partial charge >= 0.3 is 6.01 Å². The Morgan fingerprint density at radius 3 is 2.87 bits per heavy atom. The van der Waals surface area contributed by atoms with Gasteiger partial charge in [0.2, 0.25) is 5.89 Å². The monoisotopic (exact) mass is 319 g/mol. The lowest BCUT2D eigenvalue weighted by molar-refractivity contribution is 0.0892. The summed E-state index contributed by atoms with van der Waals surface area (Å²) in [6.45, 7) is 0.676. The standard InChI is InChI=1S/C15H17N3O5/c1-20-10-6-3-5-9(12(10)21-2)13(19)16-15-18-17-14(23-15)11-7-4-8-22-11/h3,5-6,11H,4,7-8H2,1-2H3,(H,16,18,19). The summed E-state index contributed by atoms with van der Waals surface area (Å²) >= 11 is 0. The molecule has 1 aromatic heterocycles. The summed E-state index contributed by atoms with van der Waals surface area (Å²) in [5.41, 5.74) is 0.309. The van der Waals surface area contributed by atoms with Gasteiger partial charge in [-0.3, -0.25) is 10.1 Å². The third kappa shape index (κ3) is 3.11. The van der Waals surface area contributed by atoms with Crippen LogP contribution in [0.4, 0.5) is 6.01 Å². The van der Waals surface area contributed by atoms with Crippen LogP contribution in [0.2, 0.25) is 0 Å². The van der Waals surface area contributed by atoms with Gasteiger partial charge < -0.3 is 18.6 Å². The fourth-order valence-electron chi connectivity index (χ4n) is 2.42. The summed E-state index contributed by atoms with van der Waals surface area (Å²) in [5.74, 6) is 0.746. The molecule has 1 unspecified atom stereocenters. The van der Waals surface area contributed by atoms with Crippen LogP contribution in [-0.4, -0.2) is 36.9 Å². The summed E-state index contributed by atoms with van der Waals surface area (Å²) in [6, 6.07) is 5.04. The Labute approximate surface area is 132 Å². The number of rotatable bonds is 5. The molecule has 1 fully saturated rings. The second kappa shape index (κ2) is 6.66. The number of ether oxygens (including phenoxy) is 3. The Kier molecular flexibility index (Phi) is 4.42. The highest BCUT2D eigenvalue weighted by atomic mass is 16.5. The van der Waals surface area contributed by atoms with Crippen molar-refractivity contribution in [3.63, 3.8) is 0 Å². The van der Waals surface area contributed by atoms with Gasteiger partial charge in [-0.1, -0.05) is 11.2 Å². The molecule has 0 spiro atoms. The lowest BCUT2D eigenvalue weighted by Gasteiger charge is -2.11. The molecule has 2 heterocycles. The van der Waals surface area contributed by atoms with E-state index in [1.165, 1.54) is 14.2 Å². The first kappa shape index (κ1) is 15.3. The largest absolute Gasteiger partial charge is 0.493 e. The van der Waals surface area contributed by atoms with E-state index in [9.17, 15) is 4.79 Å². The molecule has 8 heteroatoms. The number of nitrogens with one attached hydrogen (secondary N) is 1. The van der Waals surface area contributed by atoms with Gasteiger partial charge in [0.1, 0.15) is 6.10 Å². The third-order valence-electron chi connectivity index (χ3n) is 3.51. The van der Waals surface area contributed by atoms with Crippen molar-refractivity contribution >= 4 is 11.9 Å². The molecule has 1 amide bonds. The Morgan fingerprint density at radius 1 is 1.30 bits per heavy atom. The van der Waals surface area contributed by atoms with Gasteiger partial charge in [-0.15, -0.1) is 5.10 Å². The normalized spacial score (nSPS) is 17.0. The van der Waals surface area contributed by atoms with E-state index in [2.05, 4.69) is 15.5 Å². The fraction of sp³-hybridized carbons (Fsp3) is 0.400. The number of anilines is 1. The van der Waals surface area contributed by atoms with E-state index >= 15 is 0 Å². The number of hydrogen-bond acceptors (Lipinski definition) is 7. The Bertz CT molecular complexity index is 694. The highest BCUT2D eigenvalue weighted by Gasteiger charge is 2.25. The quantitative estimate of drug-likeness (QED) is 0.902. The second-order valence-electron chi connectivity index (χ2n) is 4.94. The van der Waals surface area contributed by atoms with Gasteiger partial charge in [0.15, 0.2) is 11.5 Å². The van der Waals surface area contributed by atoms with Crippen LogP contribution in [0.3, 0.4) is 0 Å². The van der Waals surface area contributed by atoms with Gasteiger partial charge in [0, 0.05) is 6.61 Å². The number of benzene rings is 1. The zero-order valence-electron chi connectivity index (χ0n) is 12.9. The summed E-state index contributed by atoms with van der Waals surface area (Å²) in [5, 5.41) is 10.3. The van der Waals surface area contributed by atoms with E-state index in [-0.39, 0.29) is 12.1 Å². The summed E-state index contributed by atoms with van der Waals surface area (Å²) in [4.78, 5) is 12.4. The molecular weight excluding hydrogens is 302 g/mol. The van der Waals surface area contributed by atoms with Gasteiger partial charge in [-0.05, 0) is 25.0 Å². The maximum absolute atomic E-state index is 12.4. The number of methoxy groups -OCH3 is 2. The van der Waals surface area contributed by atoms with Crippen molar-refractivity contribution in [2.75, 3.05) is 26.1 Å². The molecule has 8 nitrogen and oxygen atoms in total. The van der Waals surface area contributed by atoms with Gasteiger partial charge in [-0.2, -0.15) is 0 Å². The van der Waals surface area contributed by atoms with Crippen LogP contribution < -0.4 is 14.8 Å². The summed E-state index contributed by atoms with van der Waals surface area (Å²) in [7, 11) is 2.97. The van der Waals surface area contributed by atoms with E-state index in [1.54, 1.807) is 18.2 Å². The molecule has 1 N–H and O–H groups in total. The van der Waals surface area contributed by atoms with Gasteiger partial charge in [0.25, 0.3) is 5.91 Å². The minimum atomic E-state index is -0.428. The van der Waals surface area contributed by atoms with Crippen LogP contribution in [0.5, 0.6) is 11.5 Å². The summed E-state index contributed by atoms with van der Waals surface area (Å²) < 4.78 is 21.3. The number of hydrogen-bond donors (Lipinski definition) is 1. The molecule has 1 aromatic carbocycles. The van der Waals surface area contributed by atoms with E-state index in [1.807, 2.05) is 0 Å². The van der Waals surface area contributed by atoms with Crippen LogP contribution in [-0.2, 0) is 4.74 Å². The average molecular weight is 319 g/mol. The number of aromatic nitrogens is 2. The lowest BCUT2D eigenvalue weighted by Crippen LogP contribution is -2.13. The first-order valence-electron chi connectivity index (χ1n) is 7.20. The molecule has 0 aliphatic carbocycles. The molecule has 1 aliphatic rings. The van der Waals surface area contributed by atoms with Crippen LogP contribution in [0, 0.1) is 0 Å². The van der Waals surface area contributed by atoms with Crippen LogP contribution >= 0.6 is 0 Å². The van der Waals surface area contributed by atoms with E-state index in [4.69, 9.17) is 18.6 Å². The van der Waals surface area contributed by atoms with Crippen molar-refractivity contribution < 1.29 is 23.4 Å². The molecule has 0 saturated carbocycles. The maximum atomic E-state index is 12.4. The molecule has 23 heavy (non-hydrogen) atoms. The van der Waals surface area contributed by atoms with Crippen molar-refractivity contribution in [2.45, 2.75) is 18.9 Å². The molecule has 3 rings (SSSR count). The molecule has 1 saturated heterocycles. The maximum Gasteiger partial charge on any atom is 0.322 e. The number of para-hydroxylation sites is 1. The summed E-state index contributed by atoms with van der Waals surface area (Å²) in [6.07, 6.45) is 1.59. The third-order valence-corrected chi connectivity index (χ3v) is 3.51. The minimum Gasteiger partial charge on any atom is -0.493 e. The fourth-order valence-corrected chi connectivity index (χ4v) is 2.42. The first-order valence-corrected chi connectivity index (χ1v) is 7.20. The Balaban J connectivity index is 1.77. The molecule has 2 aromatic rings. The van der Waals surface area contributed by atoms with Crippen molar-refractivity contribution in [3.8, 4) is 11.5 Å². The number of nitrogens with zero attached hydrogens (tertiary/aromatic N) is 2. The molecule has 122 valence electrons. The Morgan fingerprint density at radius 2 is 2.17 bits per heavy atom. The highest BCUT2D eigenvalue weighted by Crippen LogP contribution is 2.31. The van der Waals surface area contributed by atoms with Gasteiger partial charge in [-0.25, -0.2) is 0 Å². The Hall–Kier alpha value is -2.61. The smallest absolute Gasteiger partial charge is 0.322 e. The van der Waals surface area contributed by atoms with Crippen molar-refractivity contribution in [1.29, 1.82) is 0 Å². The van der Waals surface area contributed by atoms with Crippen LogP contribution in [0.15, 0.2) is 22.6 Å². The van der Waals surface area contributed by atoms with E-state index in [0.717, 1.165) is 12.8 Å². The van der Waals surface area contributed by atoms with Crippen molar-refractivity contribution in [1.82, 2.24) is 10.2 Å². The van der Waals surface area contributed by atoms with Crippen molar-refractivity contribution in [2.24, 2.45) is 0 Å². The molecule has 0 radical (unpaired) electrons. The van der Waals surface area contributed by atoms with Crippen LogP contribution in [0.25, 0.3) is 0 Å². The number of amides is 1. The SMILES string of the molecule is COc1cccc(C(=O)Nc2nnc(C3CCCO3)o2)c1OC. The zero-order valence-corrected chi connectivity index (χ0v) is 12.9. The molecule has 0 bridgehead atoms. The predicted molar refractivity (Wildman–Crippen MR) is 79.7 cm³/mol. The molecule has 1 aliphatic heterocycles. The molecule has 1 atom stereocenters. The van der Waals surface area contributed by atoms with Crippen molar-refractivity contribution in [3.05, 3.63) is 29.7 Å². The minimum absolute atomic E-state index is 0.0189.